The summed E-state index contributed by atoms with van der Waals surface area (Å²) < 4.78 is 0. The minimum Gasteiger partial charge on any atom is -0.481 e. The Bertz CT molecular complexity index is 311. The van der Waals surface area contributed by atoms with Gasteiger partial charge in [0.15, 0.2) is 0 Å². The van der Waals surface area contributed by atoms with E-state index in [-0.39, 0.29) is 12.8 Å². The van der Waals surface area contributed by atoms with Gasteiger partial charge in [-0.1, -0.05) is 12.8 Å². The maximum atomic E-state index is 10.3. The number of unbranched alkanes of at least 4 members (excludes halogenated alkanes) is 3. The second-order valence-corrected chi connectivity index (χ2v) is 6.41. The van der Waals surface area contributed by atoms with Gasteiger partial charge in [0.2, 0.25) is 0 Å². The monoisotopic (exact) mass is 374 g/mol. The van der Waals surface area contributed by atoms with Gasteiger partial charge in [-0.2, -0.15) is 0 Å². The van der Waals surface area contributed by atoms with Gasteiger partial charge in [0, 0.05) is 39.0 Å². The minimum absolute atomic E-state index is 0.235. The zero-order valence-corrected chi connectivity index (χ0v) is 16.0. The molecule has 0 aliphatic carbocycles. The molecular formula is C18H38N4O4. The van der Waals surface area contributed by atoms with E-state index in [0.29, 0.717) is 12.8 Å². The first-order chi connectivity index (χ1) is 12.6. The summed E-state index contributed by atoms with van der Waals surface area (Å²) in [4.78, 5) is 20.7. The molecule has 26 heavy (non-hydrogen) atoms. The van der Waals surface area contributed by atoms with Gasteiger partial charge in [0.05, 0.1) is 0 Å². The van der Waals surface area contributed by atoms with E-state index >= 15 is 0 Å². The van der Waals surface area contributed by atoms with Gasteiger partial charge in [-0.25, -0.2) is 0 Å². The number of hydrogen-bond acceptors (Lipinski definition) is 6. The Morgan fingerprint density at radius 2 is 0.769 bits per heavy atom. The van der Waals surface area contributed by atoms with Crippen LogP contribution in [0.2, 0.25) is 0 Å². The van der Waals surface area contributed by atoms with Crippen LogP contribution in [-0.2, 0) is 9.59 Å². The molecule has 0 heterocycles. The maximum Gasteiger partial charge on any atom is 0.303 e. The van der Waals surface area contributed by atoms with Crippen molar-refractivity contribution in [1.29, 1.82) is 0 Å². The number of carboxylic acids is 2. The highest BCUT2D eigenvalue weighted by Crippen LogP contribution is 1.97. The van der Waals surface area contributed by atoms with E-state index in [4.69, 9.17) is 10.2 Å². The molecule has 6 N–H and O–H groups in total. The third-order valence-electron chi connectivity index (χ3n) is 3.90. The second kappa shape index (κ2) is 20.1. The van der Waals surface area contributed by atoms with Crippen molar-refractivity contribution in [2.24, 2.45) is 0 Å². The van der Waals surface area contributed by atoms with Crippen LogP contribution < -0.4 is 21.3 Å². The van der Waals surface area contributed by atoms with Crippen LogP contribution in [0, 0.1) is 0 Å². The van der Waals surface area contributed by atoms with Crippen molar-refractivity contribution in [1.82, 2.24) is 21.3 Å². The number of nitrogens with one attached hydrogen (secondary N) is 4. The van der Waals surface area contributed by atoms with E-state index in [2.05, 4.69) is 21.3 Å². The number of carboxylic acid groups (broad SMARTS) is 2. The molecule has 0 radical (unpaired) electrons. The van der Waals surface area contributed by atoms with Crippen LogP contribution >= 0.6 is 0 Å². The highest BCUT2D eigenvalue weighted by molar-refractivity contribution is 5.66. The fourth-order valence-electron chi connectivity index (χ4n) is 2.44. The Labute approximate surface area is 157 Å². The summed E-state index contributed by atoms with van der Waals surface area (Å²) in [6.07, 6.45) is 6.67. The summed E-state index contributed by atoms with van der Waals surface area (Å²) in [7, 11) is 0. The molecule has 154 valence electrons. The molecule has 0 fully saturated rings. The molecule has 0 bridgehead atoms. The van der Waals surface area contributed by atoms with Crippen LogP contribution in [0.5, 0.6) is 0 Å². The lowest BCUT2D eigenvalue weighted by molar-refractivity contribution is -0.138. The lowest BCUT2D eigenvalue weighted by Gasteiger charge is -2.07. The van der Waals surface area contributed by atoms with Crippen molar-refractivity contribution in [3.8, 4) is 0 Å². The molecule has 0 saturated carbocycles. The van der Waals surface area contributed by atoms with Gasteiger partial charge in [0.25, 0.3) is 0 Å². The molecule has 8 heteroatoms. The van der Waals surface area contributed by atoms with E-state index in [1.54, 1.807) is 0 Å². The zero-order chi connectivity index (χ0) is 19.3. The topological polar surface area (TPSA) is 123 Å². The largest absolute Gasteiger partial charge is 0.481 e. The van der Waals surface area contributed by atoms with E-state index < -0.39 is 11.9 Å². The summed E-state index contributed by atoms with van der Waals surface area (Å²) in [6.45, 7) is 7.20. The standard InChI is InChI=1S/C18H38N4O4/c23-17(24)7-5-11-21-15-13-19-9-3-1-2-4-10-20-14-16-22-12-6-8-18(25)26/h19-22H,1-16H2,(H,23,24)(H,25,26). The van der Waals surface area contributed by atoms with Gasteiger partial charge < -0.3 is 31.5 Å². The van der Waals surface area contributed by atoms with Crippen molar-refractivity contribution in [2.45, 2.75) is 51.4 Å². The van der Waals surface area contributed by atoms with Crippen LogP contribution in [0.15, 0.2) is 0 Å². The molecule has 0 aliphatic rings. The molecule has 0 aromatic rings. The Hall–Kier alpha value is -1.22. The molecule has 0 aromatic heterocycles. The van der Waals surface area contributed by atoms with Crippen molar-refractivity contribution in [2.75, 3.05) is 52.4 Å². The van der Waals surface area contributed by atoms with E-state index in [1.807, 2.05) is 0 Å². The predicted octanol–water partition coefficient (Wildman–Crippen LogP) is 0.635. The Balaban J connectivity index is 3.01. The molecule has 0 amide bonds. The van der Waals surface area contributed by atoms with Crippen molar-refractivity contribution < 1.29 is 19.8 Å². The normalized spacial score (nSPS) is 10.9. The summed E-state index contributed by atoms with van der Waals surface area (Å²) in [5, 5.41) is 30.2. The van der Waals surface area contributed by atoms with Gasteiger partial charge in [-0.3, -0.25) is 9.59 Å². The first-order valence-electron chi connectivity index (χ1n) is 9.89. The molecule has 0 atom stereocenters. The van der Waals surface area contributed by atoms with Crippen LogP contribution in [0.25, 0.3) is 0 Å². The van der Waals surface area contributed by atoms with E-state index in [1.165, 1.54) is 25.7 Å². The maximum absolute atomic E-state index is 10.3. The predicted molar refractivity (Wildman–Crippen MR) is 104 cm³/mol. The number of carbonyl (C=O) groups is 2. The van der Waals surface area contributed by atoms with Gasteiger partial charge in [-0.05, 0) is 51.9 Å². The molecule has 0 saturated heterocycles. The smallest absolute Gasteiger partial charge is 0.303 e. The number of aliphatic carboxylic acids is 2. The van der Waals surface area contributed by atoms with Crippen molar-refractivity contribution in [3.05, 3.63) is 0 Å². The molecule has 0 unspecified atom stereocenters. The first kappa shape index (κ1) is 24.8. The minimum atomic E-state index is -0.732. The molecule has 0 spiro atoms. The summed E-state index contributed by atoms with van der Waals surface area (Å²) in [5.74, 6) is -1.46. The Kier molecular flexibility index (Phi) is 19.2. The summed E-state index contributed by atoms with van der Waals surface area (Å²) >= 11 is 0. The van der Waals surface area contributed by atoms with Gasteiger partial charge >= 0.3 is 11.9 Å². The lowest BCUT2D eigenvalue weighted by Crippen LogP contribution is -2.29. The fraction of sp³-hybridized carbons (Fsp3) is 0.889. The SMILES string of the molecule is O=C(O)CCCNCCNCCCCCCNCCNCCCC(=O)O. The quantitative estimate of drug-likeness (QED) is 0.162. The fourth-order valence-corrected chi connectivity index (χ4v) is 2.44. The highest BCUT2D eigenvalue weighted by Gasteiger charge is 1.96. The van der Waals surface area contributed by atoms with E-state index in [0.717, 1.165) is 52.4 Å². The van der Waals surface area contributed by atoms with Crippen LogP contribution in [0.3, 0.4) is 0 Å². The van der Waals surface area contributed by atoms with Gasteiger partial charge in [-0.15, -0.1) is 0 Å². The van der Waals surface area contributed by atoms with Gasteiger partial charge in [0.1, 0.15) is 0 Å². The Morgan fingerprint density at radius 3 is 1.08 bits per heavy atom. The molecule has 0 rings (SSSR count). The number of hydrogen-bond donors (Lipinski definition) is 6. The zero-order valence-electron chi connectivity index (χ0n) is 16.0. The summed E-state index contributed by atoms with van der Waals surface area (Å²) in [5.41, 5.74) is 0. The van der Waals surface area contributed by atoms with Crippen LogP contribution in [0.1, 0.15) is 51.4 Å². The molecular weight excluding hydrogens is 336 g/mol. The molecule has 0 aliphatic heterocycles. The average molecular weight is 375 g/mol. The van der Waals surface area contributed by atoms with Crippen LogP contribution in [0.4, 0.5) is 0 Å². The molecule has 0 aromatic carbocycles. The summed E-state index contributed by atoms with van der Waals surface area (Å²) in [6, 6.07) is 0. The van der Waals surface area contributed by atoms with E-state index in [9.17, 15) is 9.59 Å². The van der Waals surface area contributed by atoms with Crippen molar-refractivity contribution >= 4 is 11.9 Å². The third kappa shape index (κ3) is 22.8. The third-order valence-corrected chi connectivity index (χ3v) is 3.90. The average Bonchev–Trinajstić information content (AvgIpc) is 2.59. The van der Waals surface area contributed by atoms with Crippen molar-refractivity contribution in [3.63, 3.8) is 0 Å². The second-order valence-electron chi connectivity index (χ2n) is 6.41. The van der Waals surface area contributed by atoms with Crippen LogP contribution in [-0.4, -0.2) is 74.5 Å². The lowest BCUT2D eigenvalue weighted by atomic mass is 10.2. The molecule has 8 nitrogen and oxygen atoms in total. The Morgan fingerprint density at radius 1 is 0.462 bits per heavy atom. The highest BCUT2D eigenvalue weighted by atomic mass is 16.4. The first-order valence-corrected chi connectivity index (χ1v) is 9.89. The number of rotatable bonds is 21.